The molecule has 0 aliphatic heterocycles. The van der Waals surface area contributed by atoms with Crippen LogP contribution >= 0.6 is 0 Å². The number of aliphatic hydroxyl groups is 1. The maximum atomic E-state index is 14.1. The maximum absolute atomic E-state index is 14.1. The highest BCUT2D eigenvalue weighted by Gasteiger charge is 2.36. The van der Waals surface area contributed by atoms with Gasteiger partial charge in [0.1, 0.15) is 36.3 Å². The Balaban J connectivity index is 2.34. The van der Waals surface area contributed by atoms with E-state index in [1.165, 1.54) is 6.92 Å². The number of carbonyl (C=O) groups excluding carboxylic acids is 8. The Bertz CT molecular complexity index is 2200. The molecule has 24 nitrogen and oxygen atoms in total. The monoisotopic (exact) mass is 1010 g/mol. The molecule has 0 heterocycles. The summed E-state index contributed by atoms with van der Waals surface area (Å²) in [4.78, 5) is 141. The minimum absolute atomic E-state index is 0.0397. The first-order valence-electron chi connectivity index (χ1n) is 23.4. The van der Waals surface area contributed by atoms with Gasteiger partial charge < -0.3 is 69.1 Å². The van der Waals surface area contributed by atoms with Crippen LogP contribution in [-0.4, -0.2) is 140 Å². The van der Waals surface area contributed by atoms with Crippen LogP contribution in [0.15, 0.2) is 60.7 Å². The van der Waals surface area contributed by atoms with E-state index in [9.17, 15) is 68.1 Å². The zero-order valence-electron chi connectivity index (χ0n) is 40.9. The van der Waals surface area contributed by atoms with E-state index >= 15 is 0 Å². The molecule has 0 aromatic heterocycles. The smallest absolute Gasteiger partial charge is 0.326 e. The van der Waals surface area contributed by atoms with Crippen LogP contribution in [-0.2, 0) is 65.6 Å². The number of benzene rings is 2. The van der Waals surface area contributed by atoms with Crippen LogP contribution in [0.4, 0.5) is 0 Å². The number of nitrogens with one attached hydrogen (secondary N) is 7. The summed E-state index contributed by atoms with van der Waals surface area (Å²) >= 11 is 0. The zero-order valence-corrected chi connectivity index (χ0v) is 40.9. The number of primary amides is 1. The highest BCUT2D eigenvalue weighted by Crippen LogP contribution is 2.13. The van der Waals surface area contributed by atoms with Crippen molar-refractivity contribution in [2.45, 2.75) is 147 Å². The van der Waals surface area contributed by atoms with Crippen LogP contribution in [0.1, 0.15) is 90.7 Å². The second kappa shape index (κ2) is 30.3. The predicted molar refractivity (Wildman–Crippen MR) is 258 cm³/mol. The molecule has 0 spiro atoms. The Morgan fingerprint density at radius 3 is 1.46 bits per heavy atom. The summed E-state index contributed by atoms with van der Waals surface area (Å²) in [7, 11) is 0. The number of aliphatic hydroxyl groups excluding tert-OH is 1. The molecule has 0 aliphatic carbocycles. The number of hydrogen-bond acceptors (Lipinski definition) is 13. The van der Waals surface area contributed by atoms with Gasteiger partial charge in [-0.25, -0.2) is 4.79 Å². The molecule has 396 valence electrons. The number of carbonyl (C=O) groups is 11. The lowest BCUT2D eigenvalue weighted by molar-refractivity contribution is -0.143. The van der Waals surface area contributed by atoms with E-state index in [1.807, 2.05) is 0 Å². The van der Waals surface area contributed by atoms with Crippen molar-refractivity contribution in [2.75, 3.05) is 0 Å². The topological polar surface area (TPSA) is 405 Å². The minimum Gasteiger partial charge on any atom is -0.481 e. The number of hydrogen-bond donors (Lipinski definition) is 13. The lowest BCUT2D eigenvalue weighted by atomic mass is 9.97. The van der Waals surface area contributed by atoms with Gasteiger partial charge in [-0.1, -0.05) is 88.4 Å². The molecule has 0 radical (unpaired) electrons. The van der Waals surface area contributed by atoms with E-state index in [4.69, 9.17) is 16.6 Å². The number of carboxylic acid groups (broad SMARTS) is 3. The third-order valence-corrected chi connectivity index (χ3v) is 11.1. The average Bonchev–Trinajstić information content (AvgIpc) is 3.31. The number of nitrogens with two attached hydrogens (primary N) is 2. The lowest BCUT2D eigenvalue weighted by Gasteiger charge is -2.30. The number of carboxylic acids is 3. The van der Waals surface area contributed by atoms with Gasteiger partial charge >= 0.3 is 17.9 Å². The summed E-state index contributed by atoms with van der Waals surface area (Å²) in [5, 5.41) is 56.8. The van der Waals surface area contributed by atoms with Crippen LogP contribution in [0.3, 0.4) is 0 Å². The Labute approximate surface area is 416 Å². The largest absolute Gasteiger partial charge is 0.481 e. The molecule has 0 saturated carbocycles. The van der Waals surface area contributed by atoms with E-state index in [1.54, 1.807) is 88.4 Å². The molecule has 0 fully saturated rings. The standard InChI is InChI=1S/C48H69N9O15/c1-25(2)22-34(55-46(69)39(26(3)4)57-42(65)30(49)16-20-37(59)60)45(68)54-33(23-28-12-8-6-9-13-28)40(63)47(70)53-31(17-19-36(50)58)43(66)51-27(5)41(64)52-32(18-21-38(61)62)44(67)56-35(48(71)72)24-29-14-10-7-11-15-29/h6-15,25-27,30-35,39-40,63H,16-24,49H2,1-5H3,(H2,50,58)(H,51,66)(H,52,64)(H,53,70)(H,54,68)(H,55,69)(H,56,67)(H,57,65)(H,59,60)(H,61,62)(H,71,72)/t27-,30-,31-,32-,33+,34-,35-,39-,40+/m0/s1. The third kappa shape index (κ3) is 22.1. The zero-order chi connectivity index (χ0) is 54.2. The number of aliphatic carboxylic acids is 3. The quantitative estimate of drug-likeness (QED) is 0.0391. The molecule has 2 rings (SSSR count). The van der Waals surface area contributed by atoms with Gasteiger partial charge in [0.15, 0.2) is 6.10 Å². The first-order valence-corrected chi connectivity index (χ1v) is 23.4. The molecule has 0 saturated heterocycles. The van der Waals surface area contributed by atoms with Crippen molar-refractivity contribution in [2.24, 2.45) is 23.3 Å². The van der Waals surface area contributed by atoms with E-state index < -0.39 is 158 Å². The first kappa shape index (κ1) is 60.7. The van der Waals surface area contributed by atoms with Crippen LogP contribution in [0.2, 0.25) is 0 Å². The fourth-order valence-corrected chi connectivity index (χ4v) is 7.09. The van der Waals surface area contributed by atoms with Gasteiger partial charge in [0, 0.05) is 25.7 Å². The van der Waals surface area contributed by atoms with E-state index in [0.29, 0.717) is 11.1 Å². The van der Waals surface area contributed by atoms with Crippen molar-refractivity contribution in [3.63, 3.8) is 0 Å². The Morgan fingerprint density at radius 2 is 0.958 bits per heavy atom. The van der Waals surface area contributed by atoms with Crippen molar-refractivity contribution >= 4 is 65.2 Å². The summed E-state index contributed by atoms with van der Waals surface area (Å²) in [5.41, 5.74) is 12.3. The first-order chi connectivity index (χ1) is 33.8. The minimum atomic E-state index is -2.12. The molecule has 0 aliphatic rings. The Kier molecular flexibility index (Phi) is 25.5. The second-order valence-corrected chi connectivity index (χ2v) is 18.1. The molecular weight excluding hydrogens is 943 g/mol. The van der Waals surface area contributed by atoms with Gasteiger partial charge in [0.25, 0.3) is 5.91 Å². The molecular formula is C48H69N9O15. The van der Waals surface area contributed by atoms with E-state index in [-0.39, 0.29) is 31.6 Å². The molecule has 0 bridgehead atoms. The van der Waals surface area contributed by atoms with Crippen LogP contribution < -0.4 is 48.7 Å². The van der Waals surface area contributed by atoms with Gasteiger partial charge in [0.2, 0.25) is 41.4 Å². The molecule has 0 unspecified atom stereocenters. The van der Waals surface area contributed by atoms with Crippen molar-refractivity contribution in [3.8, 4) is 0 Å². The van der Waals surface area contributed by atoms with Gasteiger partial charge in [-0.3, -0.25) is 47.9 Å². The normalized spacial score (nSPS) is 14.8. The van der Waals surface area contributed by atoms with Crippen LogP contribution in [0.5, 0.6) is 0 Å². The van der Waals surface area contributed by atoms with E-state index in [2.05, 4.69) is 37.2 Å². The van der Waals surface area contributed by atoms with E-state index in [0.717, 1.165) is 0 Å². The summed E-state index contributed by atoms with van der Waals surface area (Å²) in [6, 6.07) is 5.20. The number of rotatable bonds is 32. The summed E-state index contributed by atoms with van der Waals surface area (Å²) < 4.78 is 0. The average molecular weight is 1010 g/mol. The van der Waals surface area contributed by atoms with Crippen molar-refractivity contribution in [3.05, 3.63) is 71.8 Å². The van der Waals surface area contributed by atoms with Gasteiger partial charge in [0.05, 0.1) is 12.1 Å². The summed E-state index contributed by atoms with van der Waals surface area (Å²) in [5.74, 6) is -12.3. The maximum Gasteiger partial charge on any atom is 0.326 e. The molecule has 15 N–H and O–H groups in total. The summed E-state index contributed by atoms with van der Waals surface area (Å²) in [6.07, 6.45) is -5.02. The van der Waals surface area contributed by atoms with Crippen LogP contribution in [0, 0.1) is 11.8 Å². The third-order valence-electron chi connectivity index (χ3n) is 11.1. The molecule has 24 heteroatoms. The SMILES string of the molecule is CC(C)C[C@H](NC(=O)[C@@H](NC(=O)[C@@H](N)CCC(=O)O)C(C)C)C(=O)N[C@H](Cc1ccccc1)[C@@H](O)C(=O)N[C@@H](CCC(N)=O)C(=O)N[C@@H](C)C(=O)N[C@@H](CCC(=O)O)C(=O)N[C@@H](Cc1ccccc1)C(=O)O. The predicted octanol–water partition coefficient (Wildman–Crippen LogP) is -1.64. The number of amides is 8. The molecule has 2 aromatic rings. The summed E-state index contributed by atoms with van der Waals surface area (Å²) in [6.45, 7) is 7.96. The molecule has 8 amide bonds. The van der Waals surface area contributed by atoms with Gasteiger partial charge in [-0.2, -0.15) is 0 Å². The Morgan fingerprint density at radius 1 is 0.500 bits per heavy atom. The van der Waals surface area contributed by atoms with Gasteiger partial charge in [-0.05, 0) is 62.0 Å². The second-order valence-electron chi connectivity index (χ2n) is 18.1. The lowest BCUT2D eigenvalue weighted by Crippen LogP contribution is -2.61. The fourth-order valence-electron chi connectivity index (χ4n) is 7.09. The van der Waals surface area contributed by atoms with Crippen molar-refractivity contribution < 1.29 is 73.2 Å². The molecule has 72 heavy (non-hydrogen) atoms. The van der Waals surface area contributed by atoms with Crippen molar-refractivity contribution in [1.29, 1.82) is 0 Å². The molecule has 9 atom stereocenters. The fraction of sp³-hybridized carbons (Fsp3) is 0.521. The highest BCUT2D eigenvalue weighted by molar-refractivity contribution is 5.96. The van der Waals surface area contributed by atoms with Crippen LogP contribution in [0.25, 0.3) is 0 Å². The molecule has 2 aromatic carbocycles. The van der Waals surface area contributed by atoms with Crippen molar-refractivity contribution in [1.82, 2.24) is 37.2 Å². The highest BCUT2D eigenvalue weighted by atomic mass is 16.4. The Hall–Kier alpha value is -7.47. The van der Waals surface area contributed by atoms with Gasteiger partial charge in [-0.15, -0.1) is 0 Å².